The number of piperidine rings is 1. The van der Waals surface area contributed by atoms with Gasteiger partial charge in [0.2, 0.25) is 5.95 Å². The van der Waals surface area contributed by atoms with Crippen molar-refractivity contribution in [2.24, 2.45) is 0 Å². The molecule has 2 aromatic carbocycles. The fourth-order valence-corrected chi connectivity index (χ4v) is 3.82. The Balaban J connectivity index is 1.46. The molecule has 0 unspecified atom stereocenters. The van der Waals surface area contributed by atoms with Crippen molar-refractivity contribution in [3.63, 3.8) is 0 Å². The zero-order valence-electron chi connectivity index (χ0n) is 17.4. The zero-order chi connectivity index (χ0) is 22.8. The minimum absolute atomic E-state index is 0.136. The Bertz CT molecular complexity index is 1290. The number of rotatable bonds is 5. The largest absolute Gasteiger partial charge is 0.490 e. The van der Waals surface area contributed by atoms with Gasteiger partial charge in [0.05, 0.1) is 11.7 Å². The van der Waals surface area contributed by atoms with Crippen molar-refractivity contribution in [2.75, 3.05) is 18.4 Å². The molecule has 1 fully saturated rings. The van der Waals surface area contributed by atoms with Gasteiger partial charge in [-0.3, -0.25) is 0 Å². The minimum Gasteiger partial charge on any atom is -0.490 e. The van der Waals surface area contributed by atoms with Crippen LogP contribution < -0.4 is 10.1 Å². The van der Waals surface area contributed by atoms with Gasteiger partial charge in [0.25, 0.3) is 0 Å². The lowest BCUT2D eigenvalue weighted by Gasteiger charge is -2.30. The monoisotopic (exact) mass is 449 g/mol. The molecule has 168 valence electrons. The van der Waals surface area contributed by atoms with Gasteiger partial charge in [0.1, 0.15) is 23.9 Å². The highest BCUT2D eigenvalue weighted by atomic mass is 19.1. The third-order valence-electron chi connectivity index (χ3n) is 5.51. The zero-order valence-corrected chi connectivity index (χ0v) is 17.4. The molecule has 1 saturated heterocycles. The molecule has 33 heavy (non-hydrogen) atoms. The molecule has 1 aliphatic heterocycles. The first-order chi connectivity index (χ1) is 16.0. The summed E-state index contributed by atoms with van der Waals surface area (Å²) in [6.45, 7) is 0.833. The van der Waals surface area contributed by atoms with E-state index in [1.165, 1.54) is 23.3 Å². The summed E-state index contributed by atoms with van der Waals surface area (Å²) in [6.07, 6.45) is 4.93. The first-order valence-electron chi connectivity index (χ1n) is 10.4. The number of hydrogen-bond donors (Lipinski definition) is 2. The van der Waals surface area contributed by atoms with Crippen molar-refractivity contribution in [2.45, 2.75) is 18.9 Å². The molecule has 1 aliphatic rings. The summed E-state index contributed by atoms with van der Waals surface area (Å²) in [6, 6.07) is 9.77. The number of aromatic nitrogens is 3. The first-order valence-corrected chi connectivity index (χ1v) is 10.4. The van der Waals surface area contributed by atoms with Crippen molar-refractivity contribution in [3.8, 4) is 16.9 Å². The molecule has 0 saturated carbocycles. The van der Waals surface area contributed by atoms with E-state index in [-0.39, 0.29) is 11.9 Å². The second kappa shape index (κ2) is 8.73. The predicted molar refractivity (Wildman–Crippen MR) is 118 cm³/mol. The maximum Gasteiger partial charge on any atom is 0.407 e. The number of fused-ring (bicyclic) bond motifs is 1. The number of hydrogen-bond acceptors (Lipinski definition) is 7. The molecule has 1 amide bonds. The number of carbonyl (C=O) groups is 1. The summed E-state index contributed by atoms with van der Waals surface area (Å²) in [7, 11) is 0. The summed E-state index contributed by atoms with van der Waals surface area (Å²) < 4.78 is 24.8. The number of carboxylic acid groups (broad SMARTS) is 1. The molecule has 0 radical (unpaired) electrons. The van der Waals surface area contributed by atoms with Crippen LogP contribution in [0.3, 0.4) is 0 Å². The van der Waals surface area contributed by atoms with Gasteiger partial charge in [0, 0.05) is 60.4 Å². The lowest BCUT2D eigenvalue weighted by Crippen LogP contribution is -2.41. The van der Waals surface area contributed by atoms with E-state index >= 15 is 0 Å². The number of amides is 1. The van der Waals surface area contributed by atoms with Crippen LogP contribution in [0.25, 0.3) is 22.0 Å². The van der Waals surface area contributed by atoms with Crippen LogP contribution in [-0.4, -0.2) is 50.4 Å². The third-order valence-corrected chi connectivity index (χ3v) is 5.51. The molecular formula is C23H20FN5O4. The van der Waals surface area contributed by atoms with Crippen molar-refractivity contribution >= 4 is 28.6 Å². The molecule has 2 aromatic heterocycles. The number of nitrogens with one attached hydrogen (secondary N) is 1. The quantitative estimate of drug-likeness (QED) is 0.451. The van der Waals surface area contributed by atoms with Crippen LogP contribution in [0.15, 0.2) is 59.6 Å². The Morgan fingerprint density at radius 2 is 2.06 bits per heavy atom. The highest BCUT2D eigenvalue weighted by molar-refractivity contribution is 5.88. The van der Waals surface area contributed by atoms with Crippen LogP contribution >= 0.6 is 0 Å². The molecule has 0 bridgehead atoms. The number of ether oxygens (including phenoxy) is 1. The Labute approximate surface area is 187 Å². The van der Waals surface area contributed by atoms with Crippen LogP contribution in [0.1, 0.15) is 12.8 Å². The van der Waals surface area contributed by atoms with Crippen LogP contribution in [0, 0.1) is 5.82 Å². The summed E-state index contributed by atoms with van der Waals surface area (Å²) in [5.74, 6) is 0.560. The number of halogens is 1. The van der Waals surface area contributed by atoms with E-state index in [2.05, 4.69) is 20.4 Å². The van der Waals surface area contributed by atoms with E-state index in [0.29, 0.717) is 48.8 Å². The molecule has 2 N–H and O–H groups in total. The van der Waals surface area contributed by atoms with E-state index in [1.807, 2.05) is 12.1 Å². The molecule has 10 heteroatoms. The standard InChI is InChI=1S/C23H20FN5O4/c24-16-2-1-3-17(9-16)27-22-25-11-14-8-19(15-12-26-32-13-15)21(10-20(14)28-22)33-18-4-6-29(7-5-18)23(30)31/h1-3,8-13,18H,4-7H2,(H,30,31)(H,25,27,28). The molecule has 9 nitrogen and oxygen atoms in total. The van der Waals surface area contributed by atoms with Gasteiger partial charge in [-0.2, -0.15) is 0 Å². The Morgan fingerprint density at radius 3 is 2.79 bits per heavy atom. The van der Waals surface area contributed by atoms with Gasteiger partial charge in [-0.1, -0.05) is 11.2 Å². The first kappa shape index (κ1) is 20.7. The molecule has 4 aromatic rings. The molecular weight excluding hydrogens is 429 g/mol. The van der Waals surface area contributed by atoms with E-state index in [0.717, 1.165) is 16.5 Å². The molecule has 5 rings (SSSR count). The predicted octanol–water partition coefficient (Wildman–Crippen LogP) is 4.69. The van der Waals surface area contributed by atoms with Crippen LogP contribution in [-0.2, 0) is 0 Å². The summed E-state index contributed by atoms with van der Waals surface area (Å²) in [5, 5.41) is 16.8. The molecule has 3 heterocycles. The van der Waals surface area contributed by atoms with Gasteiger partial charge >= 0.3 is 6.09 Å². The number of likely N-dealkylation sites (tertiary alicyclic amines) is 1. The van der Waals surface area contributed by atoms with Crippen molar-refractivity contribution < 1.29 is 23.6 Å². The van der Waals surface area contributed by atoms with E-state index in [1.54, 1.807) is 24.5 Å². The Kier molecular flexibility index (Phi) is 5.47. The van der Waals surface area contributed by atoms with Crippen molar-refractivity contribution in [3.05, 3.63) is 60.9 Å². The van der Waals surface area contributed by atoms with Crippen LogP contribution in [0.4, 0.5) is 20.8 Å². The van der Waals surface area contributed by atoms with Gasteiger partial charge in [-0.25, -0.2) is 19.2 Å². The summed E-state index contributed by atoms with van der Waals surface area (Å²) >= 11 is 0. The second-order valence-electron chi connectivity index (χ2n) is 7.74. The molecule has 0 spiro atoms. The number of anilines is 2. The van der Waals surface area contributed by atoms with Crippen molar-refractivity contribution in [1.29, 1.82) is 0 Å². The van der Waals surface area contributed by atoms with E-state index in [4.69, 9.17) is 9.26 Å². The molecule has 0 atom stereocenters. The van der Waals surface area contributed by atoms with Crippen LogP contribution in [0.5, 0.6) is 5.75 Å². The Hall–Kier alpha value is -4.21. The highest BCUT2D eigenvalue weighted by Crippen LogP contribution is 2.35. The average molecular weight is 449 g/mol. The third kappa shape index (κ3) is 4.54. The number of benzene rings is 2. The fourth-order valence-electron chi connectivity index (χ4n) is 3.82. The van der Waals surface area contributed by atoms with Gasteiger partial charge in [-0.05, 0) is 24.3 Å². The fraction of sp³-hybridized carbons (Fsp3) is 0.217. The minimum atomic E-state index is -0.917. The number of nitrogens with zero attached hydrogens (tertiary/aromatic N) is 4. The summed E-state index contributed by atoms with van der Waals surface area (Å²) in [5.41, 5.74) is 2.70. The maximum absolute atomic E-state index is 13.5. The Morgan fingerprint density at radius 1 is 1.21 bits per heavy atom. The van der Waals surface area contributed by atoms with Crippen molar-refractivity contribution in [1.82, 2.24) is 20.0 Å². The van der Waals surface area contributed by atoms with Gasteiger partial charge < -0.3 is 24.6 Å². The molecule has 0 aliphatic carbocycles. The maximum atomic E-state index is 13.5. The van der Waals surface area contributed by atoms with E-state index in [9.17, 15) is 14.3 Å². The average Bonchev–Trinajstić information content (AvgIpc) is 3.34. The SMILES string of the molecule is O=C(O)N1CCC(Oc2cc3nc(Nc4cccc(F)c4)ncc3cc2-c2cnoc2)CC1. The smallest absolute Gasteiger partial charge is 0.407 e. The lowest BCUT2D eigenvalue weighted by molar-refractivity contribution is 0.0898. The topological polar surface area (TPSA) is 114 Å². The van der Waals surface area contributed by atoms with E-state index < -0.39 is 6.09 Å². The summed E-state index contributed by atoms with van der Waals surface area (Å²) in [4.78, 5) is 21.5. The van der Waals surface area contributed by atoms with Gasteiger partial charge in [-0.15, -0.1) is 0 Å². The second-order valence-corrected chi connectivity index (χ2v) is 7.74. The highest BCUT2D eigenvalue weighted by Gasteiger charge is 2.25. The lowest BCUT2D eigenvalue weighted by atomic mass is 10.0. The van der Waals surface area contributed by atoms with Crippen LogP contribution in [0.2, 0.25) is 0 Å². The normalized spacial score (nSPS) is 14.4. The van der Waals surface area contributed by atoms with Gasteiger partial charge in [0.15, 0.2) is 0 Å².